The Morgan fingerprint density at radius 2 is 1.90 bits per heavy atom. The van der Waals surface area contributed by atoms with Crippen LogP contribution in [0.15, 0.2) is 54.7 Å². The Balaban J connectivity index is 1.98. The van der Waals surface area contributed by atoms with E-state index in [2.05, 4.69) is 10.3 Å². The van der Waals surface area contributed by atoms with E-state index in [0.717, 1.165) is 5.39 Å². The van der Waals surface area contributed by atoms with Gasteiger partial charge < -0.3 is 5.32 Å². The number of fused-ring (bicyclic) bond motifs is 1. The van der Waals surface area contributed by atoms with Crippen LogP contribution in [0.1, 0.15) is 10.4 Å². The summed E-state index contributed by atoms with van der Waals surface area (Å²) in [6.45, 7) is 0. The van der Waals surface area contributed by atoms with Gasteiger partial charge in [0.2, 0.25) is 0 Å². The molecule has 21 heavy (non-hydrogen) atoms. The zero-order valence-corrected chi connectivity index (χ0v) is 11.6. The minimum absolute atomic E-state index is 0.343. The second kappa shape index (κ2) is 5.50. The maximum atomic E-state index is 12.9. The summed E-state index contributed by atoms with van der Waals surface area (Å²) < 4.78 is 12.9. The number of carbonyl (C=O) groups is 1. The van der Waals surface area contributed by atoms with Gasteiger partial charge in [0.15, 0.2) is 0 Å². The molecule has 3 rings (SSSR count). The van der Waals surface area contributed by atoms with Gasteiger partial charge >= 0.3 is 0 Å². The van der Waals surface area contributed by atoms with Gasteiger partial charge in [-0.05, 0) is 42.5 Å². The van der Waals surface area contributed by atoms with Crippen molar-refractivity contribution in [3.05, 3.63) is 71.1 Å². The molecule has 0 atom stereocenters. The molecule has 0 radical (unpaired) electrons. The second-order valence-electron chi connectivity index (χ2n) is 4.49. The Morgan fingerprint density at radius 3 is 2.67 bits per heavy atom. The summed E-state index contributed by atoms with van der Waals surface area (Å²) in [5, 5.41) is 4.09. The van der Waals surface area contributed by atoms with Crippen LogP contribution in [0.4, 0.5) is 10.1 Å². The van der Waals surface area contributed by atoms with Crippen molar-refractivity contribution < 1.29 is 9.18 Å². The number of hydrogen-bond donors (Lipinski definition) is 1. The quantitative estimate of drug-likeness (QED) is 0.767. The van der Waals surface area contributed by atoms with Crippen molar-refractivity contribution in [1.82, 2.24) is 4.98 Å². The highest BCUT2D eigenvalue weighted by Gasteiger charge is 2.10. The maximum absolute atomic E-state index is 12.9. The Morgan fingerprint density at radius 1 is 1.14 bits per heavy atom. The third-order valence-electron chi connectivity index (χ3n) is 3.02. The fourth-order valence-electron chi connectivity index (χ4n) is 2.05. The largest absolute Gasteiger partial charge is 0.320 e. The average Bonchev–Trinajstić information content (AvgIpc) is 2.47. The number of halogens is 2. The summed E-state index contributed by atoms with van der Waals surface area (Å²) in [5.74, 6) is -0.731. The van der Waals surface area contributed by atoms with E-state index in [1.54, 1.807) is 24.4 Å². The molecule has 3 nitrogen and oxygen atoms in total. The molecule has 1 amide bonds. The van der Waals surface area contributed by atoms with Crippen molar-refractivity contribution in [3.63, 3.8) is 0 Å². The van der Waals surface area contributed by atoms with E-state index in [9.17, 15) is 9.18 Å². The lowest BCUT2D eigenvalue weighted by Crippen LogP contribution is -2.12. The van der Waals surface area contributed by atoms with Crippen LogP contribution in [-0.4, -0.2) is 10.9 Å². The van der Waals surface area contributed by atoms with Gasteiger partial charge in [0.05, 0.1) is 11.2 Å². The summed E-state index contributed by atoms with van der Waals surface area (Å²) >= 11 is 6.05. The Bertz CT molecular complexity index is 818. The summed E-state index contributed by atoms with van der Waals surface area (Å²) in [4.78, 5) is 16.4. The normalized spacial score (nSPS) is 10.6. The summed E-state index contributed by atoms with van der Waals surface area (Å²) in [6.07, 6.45) is 1.64. The molecule has 3 aromatic rings. The Hall–Kier alpha value is -2.46. The molecule has 0 aliphatic rings. The van der Waals surface area contributed by atoms with Gasteiger partial charge in [-0.2, -0.15) is 0 Å². The van der Waals surface area contributed by atoms with Crippen LogP contribution in [0, 0.1) is 5.82 Å². The van der Waals surface area contributed by atoms with Crippen molar-refractivity contribution in [3.8, 4) is 0 Å². The molecule has 0 aliphatic heterocycles. The Labute approximate surface area is 125 Å². The van der Waals surface area contributed by atoms with Crippen LogP contribution >= 0.6 is 11.6 Å². The van der Waals surface area contributed by atoms with Gasteiger partial charge in [0.25, 0.3) is 5.91 Å². The molecule has 1 heterocycles. The number of amides is 1. The molecule has 0 aliphatic carbocycles. The first-order valence-electron chi connectivity index (χ1n) is 6.25. The van der Waals surface area contributed by atoms with Crippen molar-refractivity contribution in [2.45, 2.75) is 0 Å². The molecule has 2 aromatic carbocycles. The van der Waals surface area contributed by atoms with Gasteiger partial charge in [-0.1, -0.05) is 17.7 Å². The highest BCUT2D eigenvalue weighted by molar-refractivity contribution is 6.32. The number of rotatable bonds is 2. The molecule has 1 N–H and O–H groups in total. The van der Waals surface area contributed by atoms with E-state index in [0.29, 0.717) is 21.8 Å². The lowest BCUT2D eigenvalue weighted by Gasteiger charge is -2.09. The number of nitrogens with one attached hydrogen (secondary N) is 1. The average molecular weight is 301 g/mol. The van der Waals surface area contributed by atoms with Crippen LogP contribution in [0.5, 0.6) is 0 Å². The Kier molecular flexibility index (Phi) is 3.54. The summed E-state index contributed by atoms with van der Waals surface area (Å²) in [5.41, 5.74) is 1.53. The lowest BCUT2D eigenvalue weighted by atomic mass is 10.1. The van der Waals surface area contributed by atoms with Gasteiger partial charge in [0.1, 0.15) is 5.82 Å². The van der Waals surface area contributed by atoms with E-state index >= 15 is 0 Å². The monoisotopic (exact) mass is 300 g/mol. The van der Waals surface area contributed by atoms with E-state index in [1.807, 2.05) is 6.07 Å². The third kappa shape index (κ3) is 2.85. The number of anilines is 1. The lowest BCUT2D eigenvalue weighted by molar-refractivity contribution is 0.102. The van der Waals surface area contributed by atoms with E-state index in [4.69, 9.17) is 11.6 Å². The number of carbonyl (C=O) groups excluding carboxylic acids is 1. The number of nitrogens with zero attached hydrogens (tertiary/aromatic N) is 1. The molecular formula is C16H10ClFN2O. The maximum Gasteiger partial charge on any atom is 0.255 e. The first-order chi connectivity index (χ1) is 10.1. The van der Waals surface area contributed by atoms with Crippen molar-refractivity contribution in [2.24, 2.45) is 0 Å². The molecule has 1 aromatic heterocycles. The minimum atomic E-state index is -0.388. The predicted molar refractivity (Wildman–Crippen MR) is 81.1 cm³/mol. The van der Waals surface area contributed by atoms with Crippen LogP contribution in [0.3, 0.4) is 0 Å². The van der Waals surface area contributed by atoms with E-state index < -0.39 is 0 Å². The van der Waals surface area contributed by atoms with Gasteiger partial charge in [-0.25, -0.2) is 4.39 Å². The van der Waals surface area contributed by atoms with E-state index in [1.165, 1.54) is 24.3 Å². The molecule has 0 spiro atoms. The zero-order valence-electron chi connectivity index (χ0n) is 10.8. The van der Waals surface area contributed by atoms with Crippen molar-refractivity contribution >= 4 is 34.1 Å². The second-order valence-corrected chi connectivity index (χ2v) is 4.93. The summed E-state index contributed by atoms with van der Waals surface area (Å²) in [6, 6.07) is 12.4. The highest BCUT2D eigenvalue weighted by Crippen LogP contribution is 2.26. The van der Waals surface area contributed by atoms with Gasteiger partial charge in [-0.3, -0.25) is 9.78 Å². The number of benzene rings is 2. The van der Waals surface area contributed by atoms with E-state index in [-0.39, 0.29) is 11.7 Å². The van der Waals surface area contributed by atoms with Crippen molar-refractivity contribution in [2.75, 3.05) is 5.32 Å². The first kappa shape index (κ1) is 13.5. The highest BCUT2D eigenvalue weighted by atomic mass is 35.5. The minimum Gasteiger partial charge on any atom is -0.320 e. The van der Waals surface area contributed by atoms with Crippen LogP contribution in [0.25, 0.3) is 10.9 Å². The fraction of sp³-hybridized carbons (Fsp3) is 0. The fourth-order valence-corrected chi connectivity index (χ4v) is 2.27. The van der Waals surface area contributed by atoms with Crippen LogP contribution < -0.4 is 5.32 Å². The molecule has 0 saturated heterocycles. The number of pyridine rings is 1. The smallest absolute Gasteiger partial charge is 0.255 e. The molecule has 0 bridgehead atoms. The summed E-state index contributed by atoms with van der Waals surface area (Å²) in [7, 11) is 0. The SMILES string of the molecule is O=C(Nc1cc(Cl)cc2cccnc12)c1ccc(F)cc1. The predicted octanol–water partition coefficient (Wildman–Crippen LogP) is 4.28. The molecule has 104 valence electrons. The molecule has 0 unspecified atom stereocenters. The molecule has 5 heteroatoms. The van der Waals surface area contributed by atoms with Crippen molar-refractivity contribution in [1.29, 1.82) is 0 Å². The number of hydrogen-bond acceptors (Lipinski definition) is 2. The topological polar surface area (TPSA) is 42.0 Å². The number of aromatic nitrogens is 1. The molecule has 0 fully saturated rings. The first-order valence-corrected chi connectivity index (χ1v) is 6.62. The standard InChI is InChI=1S/C16H10ClFN2O/c17-12-8-11-2-1-7-19-15(11)14(9-12)20-16(21)10-3-5-13(18)6-4-10/h1-9H,(H,20,21). The van der Waals surface area contributed by atoms with Gasteiger partial charge in [0, 0.05) is 22.2 Å². The van der Waals surface area contributed by atoms with Crippen LogP contribution in [-0.2, 0) is 0 Å². The zero-order chi connectivity index (χ0) is 14.8. The molecular weight excluding hydrogens is 291 g/mol. The van der Waals surface area contributed by atoms with Crippen LogP contribution in [0.2, 0.25) is 5.02 Å². The third-order valence-corrected chi connectivity index (χ3v) is 3.24. The molecule has 0 saturated carbocycles. The van der Waals surface area contributed by atoms with Gasteiger partial charge in [-0.15, -0.1) is 0 Å².